The number of aliphatic hydroxyl groups is 1. The number of alkyl halides is 3. The predicted octanol–water partition coefficient (Wildman–Crippen LogP) is 13.5. The van der Waals surface area contributed by atoms with Gasteiger partial charge in [-0.2, -0.15) is 13.2 Å². The van der Waals surface area contributed by atoms with Crippen molar-refractivity contribution in [3.63, 3.8) is 0 Å². The number of nitrogens with zero attached hydrogens (tertiary/aromatic N) is 4. The summed E-state index contributed by atoms with van der Waals surface area (Å²) in [7, 11) is -10.9. The first-order valence-corrected chi connectivity index (χ1v) is 35.9. The van der Waals surface area contributed by atoms with Gasteiger partial charge in [-0.3, -0.25) is 19.4 Å². The maximum Gasteiger partial charge on any atom is 0.501 e. The minimum Gasteiger partial charge on any atom is -0.394 e. The number of amides is 2. The van der Waals surface area contributed by atoms with Crippen LogP contribution < -0.4 is 25.6 Å². The number of pyridine rings is 1. The van der Waals surface area contributed by atoms with E-state index in [1.165, 1.54) is 40.6 Å². The number of nitrogens with one attached hydrogen (secondary N) is 5. The molecule has 0 bridgehead atoms. The molecule has 2 aliphatic heterocycles. The van der Waals surface area contributed by atoms with Gasteiger partial charge in [-0.25, -0.2) is 26.5 Å². The van der Waals surface area contributed by atoms with Crippen LogP contribution in [0.25, 0.3) is 16.7 Å². The van der Waals surface area contributed by atoms with Crippen LogP contribution in [0.3, 0.4) is 0 Å². The number of aromatic amines is 1. The van der Waals surface area contributed by atoms with E-state index in [-0.39, 0.29) is 29.5 Å². The molecule has 0 spiro atoms. The molecule has 502 valence electrons. The van der Waals surface area contributed by atoms with Gasteiger partial charge in [0.2, 0.25) is 0 Å². The van der Waals surface area contributed by atoms with E-state index in [9.17, 15) is 44.7 Å². The molecular formula is C68H77Cl3F3N9O8S3. The quantitative estimate of drug-likeness (QED) is 0.0328. The van der Waals surface area contributed by atoms with Crippen LogP contribution in [0.1, 0.15) is 91.4 Å². The normalized spacial score (nSPS) is 16.4. The fourth-order valence-corrected chi connectivity index (χ4v) is 15.0. The van der Waals surface area contributed by atoms with Crippen molar-refractivity contribution in [1.29, 1.82) is 0 Å². The Balaban J connectivity index is 0.000000298. The number of sulfone groups is 1. The molecule has 0 saturated carbocycles. The van der Waals surface area contributed by atoms with Crippen LogP contribution in [0.2, 0.25) is 15.1 Å². The zero-order valence-corrected chi connectivity index (χ0v) is 57.2. The first kappa shape index (κ1) is 71.6. The van der Waals surface area contributed by atoms with Gasteiger partial charge in [-0.15, -0.1) is 11.8 Å². The SMILES string of the molecule is CC(C)Nc1cc(-c2c[nH]c(C(=O)N[C@H](CO)c3cccc(Cl)c3)c2)c(Cl)cn1.CC1(C)CCC(c2ccc(Cl)cc2)=C(CN2CCN(c3ccc(C(=O)NS(=O)(=O)c4ccc(N[C@H](CCN5CCOCC5)CSc5ccccc5)c(S(=O)(=O)C(F)(F)F)c4)cc3)CC2)C1. The average Bonchev–Trinajstić information content (AvgIpc) is 0.962. The van der Waals surface area contributed by atoms with Gasteiger partial charge >= 0.3 is 5.51 Å². The lowest BCUT2D eigenvalue weighted by Crippen LogP contribution is -2.47. The highest BCUT2D eigenvalue weighted by molar-refractivity contribution is 7.99. The lowest BCUT2D eigenvalue weighted by atomic mass is 9.73. The van der Waals surface area contributed by atoms with Gasteiger partial charge in [0.25, 0.3) is 31.7 Å². The topological polar surface area (TPSA) is 218 Å². The number of allylic oxidation sites excluding steroid dienone is 1. The Morgan fingerprint density at radius 2 is 1.50 bits per heavy atom. The Kier molecular flexibility index (Phi) is 24.3. The summed E-state index contributed by atoms with van der Waals surface area (Å²) in [5, 5.41) is 20.5. The van der Waals surface area contributed by atoms with Gasteiger partial charge in [0, 0.05) is 120 Å². The number of ether oxygens (including phenoxy) is 1. The smallest absolute Gasteiger partial charge is 0.394 e. The standard InChI is InChI=1S/C47H55ClF3N5O6S3.C21H22Cl2N4O2/c1-46(2)20-18-42(34-8-12-37(48)13-9-34)36(31-46)32-55-22-24-56(25-23-55)39-14-10-35(11-15-39)45(57)53-65(60,61)41-16-17-43(44(30-41)64(58,59)47(49,50)51)52-38(19-21-54-26-28-62-29-27-54)33-63-40-6-4-3-5-7-40;1-12(2)26-20-8-16(17(23)10-25-20)14-7-18(24-9-14)21(29)27-19(11-28)13-4-3-5-15(22)6-13/h3-17,30,38,52H,18-29,31-33H2,1-2H3,(H,53,57);3-10,12,19,24,28H,11H2,1-2H3,(H,25,26)(H,27,29)/t38-;19-/m11/s1. The van der Waals surface area contributed by atoms with Crippen LogP contribution in [0.5, 0.6) is 0 Å². The zero-order valence-electron chi connectivity index (χ0n) is 52.5. The number of H-pyrrole nitrogens is 1. The Morgan fingerprint density at radius 1 is 0.787 bits per heavy atom. The van der Waals surface area contributed by atoms with Gasteiger partial charge in [-0.05, 0) is 153 Å². The molecule has 0 unspecified atom stereocenters. The molecule has 3 aliphatic rings. The molecule has 1 aliphatic carbocycles. The molecule has 7 aromatic rings. The van der Waals surface area contributed by atoms with Crippen molar-refractivity contribution in [2.24, 2.45) is 5.41 Å². The van der Waals surface area contributed by atoms with Gasteiger partial charge in [0.15, 0.2) is 0 Å². The number of aromatic nitrogens is 2. The molecule has 26 heteroatoms. The van der Waals surface area contributed by atoms with Crippen molar-refractivity contribution >= 4 is 101 Å². The van der Waals surface area contributed by atoms with Crippen LogP contribution >= 0.6 is 46.6 Å². The Hall–Kier alpha value is -6.64. The van der Waals surface area contributed by atoms with Crippen molar-refractivity contribution in [3.05, 3.63) is 189 Å². The lowest BCUT2D eigenvalue weighted by Gasteiger charge is -2.39. The Morgan fingerprint density at radius 3 is 2.17 bits per heavy atom. The van der Waals surface area contributed by atoms with Gasteiger partial charge in [-0.1, -0.05) is 96.7 Å². The molecule has 2 amide bonds. The number of piperazine rings is 1. The van der Waals surface area contributed by atoms with Gasteiger partial charge in [0.1, 0.15) is 16.4 Å². The molecule has 6 N–H and O–H groups in total. The van der Waals surface area contributed by atoms with E-state index >= 15 is 0 Å². The number of benzene rings is 5. The minimum atomic E-state index is -6.05. The van der Waals surface area contributed by atoms with Crippen molar-refractivity contribution in [1.82, 2.24) is 29.8 Å². The molecule has 2 saturated heterocycles. The number of carbonyl (C=O) groups excluding carboxylic acids is 2. The third-order valence-electron chi connectivity index (χ3n) is 16.5. The van der Waals surface area contributed by atoms with E-state index in [1.54, 1.807) is 54.9 Å². The Bertz CT molecular complexity index is 4000. The number of rotatable bonds is 23. The molecule has 0 radical (unpaired) electrons. The summed E-state index contributed by atoms with van der Waals surface area (Å²) in [6.07, 6.45) is 6.89. The van der Waals surface area contributed by atoms with Crippen molar-refractivity contribution in [2.45, 2.75) is 91.7 Å². The molecule has 2 fully saturated rings. The minimum absolute atomic E-state index is 0.00186. The second kappa shape index (κ2) is 31.9. The first-order valence-electron chi connectivity index (χ1n) is 30.8. The largest absolute Gasteiger partial charge is 0.501 e. The highest BCUT2D eigenvalue weighted by Crippen LogP contribution is 2.43. The second-order valence-corrected chi connectivity index (χ2v) is 30.4. The van der Waals surface area contributed by atoms with Crippen LogP contribution in [0.15, 0.2) is 166 Å². The zero-order chi connectivity index (χ0) is 67.4. The maximum atomic E-state index is 14.2. The molecule has 5 aromatic carbocycles. The van der Waals surface area contributed by atoms with Crippen LogP contribution in [0, 0.1) is 5.41 Å². The van der Waals surface area contributed by atoms with Crippen molar-refractivity contribution in [3.8, 4) is 11.1 Å². The van der Waals surface area contributed by atoms with E-state index in [2.05, 4.69) is 66.6 Å². The summed E-state index contributed by atoms with van der Waals surface area (Å²) in [4.78, 5) is 38.9. The molecular weight excluding hydrogens is 1330 g/mol. The van der Waals surface area contributed by atoms with Crippen LogP contribution in [-0.4, -0.2) is 149 Å². The Labute approximate surface area is 567 Å². The molecule has 2 atom stereocenters. The number of hydrogen-bond donors (Lipinski definition) is 6. The number of thioether (sulfide) groups is 1. The highest BCUT2D eigenvalue weighted by Gasteiger charge is 2.48. The summed E-state index contributed by atoms with van der Waals surface area (Å²) in [5.74, 6) is -0.298. The number of morpholine rings is 1. The van der Waals surface area contributed by atoms with E-state index in [0.29, 0.717) is 77.7 Å². The molecule has 17 nitrogen and oxygen atoms in total. The maximum absolute atomic E-state index is 14.2. The highest BCUT2D eigenvalue weighted by atomic mass is 35.5. The number of carbonyl (C=O) groups is 2. The third-order valence-corrected chi connectivity index (χ3v) is 21.3. The van der Waals surface area contributed by atoms with E-state index in [1.807, 2.05) is 67.1 Å². The average molecular weight is 1410 g/mol. The lowest BCUT2D eigenvalue weighted by molar-refractivity contribution is -0.0436. The predicted molar refractivity (Wildman–Crippen MR) is 368 cm³/mol. The second-order valence-electron chi connectivity index (χ2n) is 24.4. The van der Waals surface area contributed by atoms with Crippen molar-refractivity contribution < 1.29 is 49.4 Å². The summed E-state index contributed by atoms with van der Waals surface area (Å²) in [6.45, 7) is 15.4. The third kappa shape index (κ3) is 19.3. The van der Waals surface area contributed by atoms with E-state index in [0.717, 1.165) is 91.4 Å². The number of sulfonamides is 1. The van der Waals surface area contributed by atoms with E-state index in [4.69, 9.17) is 39.5 Å². The number of halogens is 6. The van der Waals surface area contributed by atoms with Crippen molar-refractivity contribution in [2.75, 3.05) is 93.5 Å². The summed E-state index contributed by atoms with van der Waals surface area (Å²) in [5.41, 5.74) is 1.58. The summed E-state index contributed by atoms with van der Waals surface area (Å²) < 4.78 is 103. The molecule has 10 rings (SSSR count). The number of hydrogen-bond acceptors (Lipinski definition) is 15. The van der Waals surface area contributed by atoms with Crippen LogP contribution in [0.4, 0.5) is 30.4 Å². The van der Waals surface area contributed by atoms with Gasteiger partial charge < -0.3 is 35.7 Å². The fraction of sp³-hybridized carbons (Fsp3) is 0.368. The van der Waals surface area contributed by atoms with Gasteiger partial charge in [0.05, 0.1) is 41.5 Å². The molecule has 2 aromatic heterocycles. The van der Waals surface area contributed by atoms with Crippen LogP contribution in [-0.2, 0) is 24.6 Å². The molecule has 4 heterocycles. The number of aliphatic hydroxyl groups excluding tert-OH is 1. The molecule has 94 heavy (non-hydrogen) atoms. The van der Waals surface area contributed by atoms with E-state index < -0.39 is 58.8 Å². The number of anilines is 3. The monoisotopic (exact) mass is 1410 g/mol. The fourth-order valence-electron chi connectivity index (χ4n) is 11.4. The summed E-state index contributed by atoms with van der Waals surface area (Å²) in [6, 6.07) is 36.0. The summed E-state index contributed by atoms with van der Waals surface area (Å²) >= 11 is 20.0. The first-order chi connectivity index (χ1) is 44.7.